The van der Waals surface area contributed by atoms with E-state index in [1.165, 1.54) is 0 Å². The van der Waals surface area contributed by atoms with Gasteiger partial charge >= 0.3 is 0 Å². The van der Waals surface area contributed by atoms with Gasteiger partial charge in [-0.25, -0.2) is 0 Å². The van der Waals surface area contributed by atoms with Crippen molar-refractivity contribution in [3.05, 3.63) is 24.3 Å². The molecule has 0 aliphatic carbocycles. The van der Waals surface area contributed by atoms with Gasteiger partial charge in [-0.3, -0.25) is 0 Å². The predicted molar refractivity (Wildman–Crippen MR) is 91.2 cm³/mol. The summed E-state index contributed by atoms with van der Waals surface area (Å²) >= 11 is 0. The number of ether oxygens (including phenoxy) is 2. The average Bonchev–Trinajstić information content (AvgIpc) is 2.44. The van der Waals surface area contributed by atoms with Gasteiger partial charge in [-0.1, -0.05) is 20.8 Å². The van der Waals surface area contributed by atoms with Crippen LogP contribution in [0.2, 0.25) is 18.1 Å². The van der Waals surface area contributed by atoms with Crippen molar-refractivity contribution in [1.29, 1.82) is 0 Å². The quantitative estimate of drug-likeness (QED) is 0.560. The Morgan fingerprint density at radius 3 is 2.00 bits per heavy atom. The first kappa shape index (κ1) is 18.7. The van der Waals surface area contributed by atoms with Gasteiger partial charge in [-0.15, -0.1) is 0 Å². The van der Waals surface area contributed by atoms with Crippen molar-refractivity contribution in [1.82, 2.24) is 0 Å². The molecule has 0 unspecified atom stereocenters. The van der Waals surface area contributed by atoms with Gasteiger partial charge < -0.3 is 18.7 Å². The summed E-state index contributed by atoms with van der Waals surface area (Å²) in [6.45, 7) is 12.6. The number of carbonyl (C=O) groups excluding carboxylic acids is 1. The molecular weight excluding hydrogens is 296 g/mol. The van der Waals surface area contributed by atoms with E-state index in [4.69, 9.17) is 13.9 Å². The van der Waals surface area contributed by atoms with Gasteiger partial charge in [0.25, 0.3) is 0 Å². The van der Waals surface area contributed by atoms with Gasteiger partial charge in [-0.05, 0) is 49.3 Å². The Morgan fingerprint density at radius 1 is 1.09 bits per heavy atom. The summed E-state index contributed by atoms with van der Waals surface area (Å²) in [6.07, 6.45) is -0.0719. The molecule has 0 aliphatic heterocycles. The highest BCUT2D eigenvalue weighted by atomic mass is 28.4. The van der Waals surface area contributed by atoms with Crippen LogP contribution in [-0.2, 0) is 9.22 Å². The lowest BCUT2D eigenvalue weighted by Gasteiger charge is -2.39. The van der Waals surface area contributed by atoms with Crippen molar-refractivity contribution in [2.24, 2.45) is 0 Å². The molecule has 0 bridgehead atoms. The lowest BCUT2D eigenvalue weighted by Crippen LogP contribution is -2.48. The molecule has 0 aromatic heterocycles. The molecule has 0 saturated heterocycles. The van der Waals surface area contributed by atoms with E-state index in [1.54, 1.807) is 7.11 Å². The van der Waals surface area contributed by atoms with Gasteiger partial charge in [0.05, 0.1) is 7.11 Å². The molecule has 0 N–H and O–H groups in total. The van der Waals surface area contributed by atoms with Crippen molar-refractivity contribution in [3.63, 3.8) is 0 Å². The molecule has 0 spiro atoms. The summed E-state index contributed by atoms with van der Waals surface area (Å²) in [6, 6.07) is 7.30. The number of hydrogen-bond donors (Lipinski definition) is 0. The van der Waals surface area contributed by atoms with Gasteiger partial charge in [-0.2, -0.15) is 0 Å². The molecule has 1 rings (SSSR count). The molecule has 1 aromatic carbocycles. The first-order valence-electron chi connectivity index (χ1n) is 7.54. The Balaban J connectivity index is 2.75. The number of rotatable bonds is 7. The van der Waals surface area contributed by atoms with Crippen molar-refractivity contribution >= 4 is 14.6 Å². The Hall–Kier alpha value is -1.33. The van der Waals surface area contributed by atoms with Crippen LogP contribution in [-0.4, -0.2) is 33.9 Å². The van der Waals surface area contributed by atoms with Crippen LogP contribution in [0, 0.1) is 0 Å². The molecule has 5 heteroatoms. The molecule has 0 fully saturated rings. The van der Waals surface area contributed by atoms with Crippen LogP contribution < -0.4 is 9.47 Å². The SMILES string of the molecule is COc1ccc(O[C@@H](C)[C@H](C=O)O[Si](C)(C)C(C)(C)C)cc1. The minimum absolute atomic E-state index is 0.0497. The Kier molecular flexibility index (Phi) is 6.20. The maximum Gasteiger partial charge on any atom is 0.193 e. The van der Waals surface area contributed by atoms with Crippen LogP contribution >= 0.6 is 0 Å². The van der Waals surface area contributed by atoms with E-state index < -0.39 is 14.4 Å². The second-order valence-corrected chi connectivity index (χ2v) is 11.7. The molecule has 0 radical (unpaired) electrons. The summed E-state index contributed by atoms with van der Waals surface area (Å²) in [5, 5.41) is 0.0497. The summed E-state index contributed by atoms with van der Waals surface area (Å²) in [5.74, 6) is 1.46. The van der Waals surface area contributed by atoms with Crippen LogP contribution in [0.4, 0.5) is 0 Å². The van der Waals surface area contributed by atoms with E-state index in [-0.39, 0.29) is 11.1 Å². The fourth-order valence-electron chi connectivity index (χ4n) is 1.69. The highest BCUT2D eigenvalue weighted by Gasteiger charge is 2.40. The maximum absolute atomic E-state index is 11.4. The fraction of sp³-hybridized carbons (Fsp3) is 0.588. The molecule has 22 heavy (non-hydrogen) atoms. The van der Waals surface area contributed by atoms with Gasteiger partial charge in [0.1, 0.15) is 23.7 Å². The smallest absolute Gasteiger partial charge is 0.193 e. The van der Waals surface area contributed by atoms with E-state index in [0.29, 0.717) is 5.75 Å². The van der Waals surface area contributed by atoms with E-state index >= 15 is 0 Å². The number of carbonyl (C=O) groups is 1. The first-order chi connectivity index (χ1) is 10.1. The van der Waals surface area contributed by atoms with Crippen LogP contribution in [0.25, 0.3) is 0 Å². The number of benzene rings is 1. The van der Waals surface area contributed by atoms with Gasteiger partial charge in [0.2, 0.25) is 0 Å². The Morgan fingerprint density at radius 2 is 1.59 bits per heavy atom. The molecule has 2 atom stereocenters. The second-order valence-electron chi connectivity index (χ2n) is 6.98. The molecule has 124 valence electrons. The maximum atomic E-state index is 11.4. The van der Waals surface area contributed by atoms with E-state index in [2.05, 4.69) is 33.9 Å². The van der Waals surface area contributed by atoms with Crippen molar-refractivity contribution in [2.45, 2.75) is 58.0 Å². The number of aldehydes is 1. The van der Waals surface area contributed by atoms with Crippen molar-refractivity contribution in [3.8, 4) is 11.5 Å². The topological polar surface area (TPSA) is 44.8 Å². The zero-order chi connectivity index (χ0) is 17.0. The molecular formula is C17H28O4Si. The molecule has 0 amide bonds. The predicted octanol–water partition coefficient (Wildman–Crippen LogP) is 4.05. The Labute approximate surface area is 134 Å². The summed E-state index contributed by atoms with van der Waals surface area (Å²) in [5.41, 5.74) is 0. The van der Waals surface area contributed by atoms with E-state index in [1.807, 2.05) is 31.2 Å². The molecule has 1 aromatic rings. The normalized spacial score (nSPS) is 15.0. The third kappa shape index (κ3) is 4.85. The summed E-state index contributed by atoms with van der Waals surface area (Å²) in [4.78, 5) is 11.4. The highest BCUT2D eigenvalue weighted by molar-refractivity contribution is 6.74. The standard InChI is InChI=1S/C17H28O4Si/c1-13(20-15-10-8-14(19-5)9-11-15)16(12-18)21-22(6,7)17(2,3)4/h8-13,16H,1-7H3/t13-,16-/m0/s1. The average molecular weight is 324 g/mol. The van der Waals surface area contributed by atoms with Gasteiger partial charge in [0.15, 0.2) is 14.6 Å². The number of hydrogen-bond acceptors (Lipinski definition) is 4. The zero-order valence-electron chi connectivity index (χ0n) is 14.7. The third-order valence-corrected chi connectivity index (χ3v) is 8.69. The summed E-state index contributed by atoms with van der Waals surface area (Å²) < 4.78 is 17.1. The van der Waals surface area contributed by atoms with Crippen LogP contribution in [0.3, 0.4) is 0 Å². The lowest BCUT2D eigenvalue weighted by atomic mass is 10.2. The molecule has 4 nitrogen and oxygen atoms in total. The molecule has 0 heterocycles. The highest BCUT2D eigenvalue weighted by Crippen LogP contribution is 2.37. The third-order valence-electron chi connectivity index (χ3n) is 4.22. The second kappa shape index (κ2) is 7.29. The number of methoxy groups -OCH3 is 1. The minimum Gasteiger partial charge on any atom is -0.497 e. The fourth-order valence-corrected chi connectivity index (χ4v) is 2.97. The summed E-state index contributed by atoms with van der Waals surface area (Å²) in [7, 11) is -0.396. The largest absolute Gasteiger partial charge is 0.497 e. The van der Waals surface area contributed by atoms with Crippen molar-refractivity contribution < 1.29 is 18.7 Å². The monoisotopic (exact) mass is 324 g/mol. The first-order valence-corrected chi connectivity index (χ1v) is 10.5. The van der Waals surface area contributed by atoms with E-state index in [0.717, 1.165) is 12.0 Å². The van der Waals surface area contributed by atoms with Crippen LogP contribution in [0.15, 0.2) is 24.3 Å². The van der Waals surface area contributed by atoms with Crippen LogP contribution in [0.1, 0.15) is 27.7 Å². The van der Waals surface area contributed by atoms with Crippen LogP contribution in [0.5, 0.6) is 11.5 Å². The minimum atomic E-state index is -2.01. The zero-order valence-corrected chi connectivity index (χ0v) is 15.7. The Bertz CT molecular complexity index is 476. The van der Waals surface area contributed by atoms with Crippen molar-refractivity contribution in [2.75, 3.05) is 7.11 Å². The molecule has 0 aliphatic rings. The van der Waals surface area contributed by atoms with E-state index in [9.17, 15) is 4.79 Å². The van der Waals surface area contributed by atoms with Gasteiger partial charge in [0, 0.05) is 0 Å². The molecule has 0 saturated carbocycles. The lowest BCUT2D eigenvalue weighted by molar-refractivity contribution is -0.117.